The average Bonchev–Trinajstić information content (AvgIpc) is 1.80. The zero-order valence-electron chi connectivity index (χ0n) is 6.72. The van der Waals surface area contributed by atoms with E-state index in [4.69, 9.17) is 5.11 Å². The lowest BCUT2D eigenvalue weighted by Gasteiger charge is -2.11. The molecule has 0 aromatic rings. The number of carbonyl (C=O) groups excluding carboxylic acids is 1. The van der Waals surface area contributed by atoms with E-state index in [9.17, 15) is 4.79 Å². The molecule has 0 fully saturated rings. The van der Waals surface area contributed by atoms with E-state index < -0.39 is 5.60 Å². The van der Waals surface area contributed by atoms with E-state index in [1.165, 1.54) is 19.9 Å². The molecule has 0 aromatic carbocycles. The highest BCUT2D eigenvalue weighted by molar-refractivity contribution is 5.95. The standard InChI is InChI=1S/C8H14O2/c1-4-5-6-7(9)8(2,3)10/h5-6,10H,4H2,1-3H3. The first-order valence-corrected chi connectivity index (χ1v) is 3.42. The van der Waals surface area contributed by atoms with Crippen molar-refractivity contribution in [2.45, 2.75) is 32.8 Å². The lowest BCUT2D eigenvalue weighted by Crippen LogP contribution is -2.29. The fourth-order valence-corrected chi connectivity index (χ4v) is 0.429. The van der Waals surface area contributed by atoms with Crippen molar-refractivity contribution >= 4 is 5.78 Å². The first kappa shape index (κ1) is 9.37. The first-order chi connectivity index (χ1) is 4.48. The molecule has 10 heavy (non-hydrogen) atoms. The maximum Gasteiger partial charge on any atom is 0.186 e. The maximum atomic E-state index is 10.9. The van der Waals surface area contributed by atoms with Gasteiger partial charge < -0.3 is 5.11 Å². The second-order valence-electron chi connectivity index (χ2n) is 2.73. The normalized spacial score (nSPS) is 12.4. The topological polar surface area (TPSA) is 37.3 Å². The van der Waals surface area contributed by atoms with Crippen LogP contribution in [0.15, 0.2) is 12.2 Å². The van der Waals surface area contributed by atoms with E-state index in [0.29, 0.717) is 0 Å². The molecule has 0 spiro atoms. The minimum absolute atomic E-state index is 0.241. The molecule has 0 saturated carbocycles. The number of rotatable bonds is 3. The SMILES string of the molecule is CCC=CC(=O)C(C)(C)O. The molecule has 0 saturated heterocycles. The van der Waals surface area contributed by atoms with Gasteiger partial charge in [-0.3, -0.25) is 4.79 Å². The molecule has 0 aliphatic heterocycles. The molecular formula is C8H14O2. The molecule has 0 bridgehead atoms. The van der Waals surface area contributed by atoms with Crippen LogP contribution in [-0.4, -0.2) is 16.5 Å². The summed E-state index contributed by atoms with van der Waals surface area (Å²) in [4.78, 5) is 10.9. The van der Waals surface area contributed by atoms with Gasteiger partial charge in [-0.25, -0.2) is 0 Å². The molecule has 2 nitrogen and oxygen atoms in total. The molecule has 0 aliphatic rings. The fourth-order valence-electron chi connectivity index (χ4n) is 0.429. The van der Waals surface area contributed by atoms with Crippen LogP contribution in [0.3, 0.4) is 0 Å². The second-order valence-corrected chi connectivity index (χ2v) is 2.73. The van der Waals surface area contributed by atoms with Gasteiger partial charge in [-0.05, 0) is 26.3 Å². The third-order valence-corrected chi connectivity index (χ3v) is 1.11. The summed E-state index contributed by atoms with van der Waals surface area (Å²) in [6, 6.07) is 0. The zero-order chi connectivity index (χ0) is 8.20. The molecule has 0 aromatic heterocycles. The molecule has 0 aliphatic carbocycles. The number of hydrogen-bond acceptors (Lipinski definition) is 2. The van der Waals surface area contributed by atoms with E-state index in [0.717, 1.165) is 6.42 Å². The van der Waals surface area contributed by atoms with Crippen LogP contribution in [0.4, 0.5) is 0 Å². The number of ketones is 1. The molecule has 2 heteroatoms. The monoisotopic (exact) mass is 142 g/mol. The van der Waals surface area contributed by atoms with Crippen LogP contribution < -0.4 is 0 Å². The molecule has 0 unspecified atom stereocenters. The summed E-state index contributed by atoms with van der Waals surface area (Å²) in [7, 11) is 0. The minimum atomic E-state index is -1.22. The van der Waals surface area contributed by atoms with Crippen LogP contribution in [0.1, 0.15) is 27.2 Å². The predicted octanol–water partition coefficient (Wildman–Crippen LogP) is 1.29. The van der Waals surface area contributed by atoms with E-state index in [2.05, 4.69) is 0 Å². The van der Waals surface area contributed by atoms with Crippen molar-refractivity contribution in [2.75, 3.05) is 0 Å². The van der Waals surface area contributed by atoms with Gasteiger partial charge in [0.1, 0.15) is 5.60 Å². The predicted molar refractivity (Wildman–Crippen MR) is 40.7 cm³/mol. The Kier molecular flexibility index (Phi) is 3.30. The summed E-state index contributed by atoms with van der Waals surface area (Å²) < 4.78 is 0. The molecule has 0 rings (SSSR count). The number of aliphatic hydroxyl groups is 1. The highest BCUT2D eigenvalue weighted by atomic mass is 16.3. The molecule has 1 N–H and O–H groups in total. The molecule has 0 atom stereocenters. The van der Waals surface area contributed by atoms with Crippen molar-refractivity contribution in [3.63, 3.8) is 0 Å². The van der Waals surface area contributed by atoms with Gasteiger partial charge in [0.2, 0.25) is 0 Å². The molecular weight excluding hydrogens is 128 g/mol. The van der Waals surface area contributed by atoms with E-state index in [-0.39, 0.29) is 5.78 Å². The molecule has 58 valence electrons. The van der Waals surface area contributed by atoms with Gasteiger partial charge in [-0.2, -0.15) is 0 Å². The largest absolute Gasteiger partial charge is 0.382 e. The lowest BCUT2D eigenvalue weighted by molar-refractivity contribution is -0.128. The van der Waals surface area contributed by atoms with Crippen molar-refractivity contribution in [3.05, 3.63) is 12.2 Å². The van der Waals surface area contributed by atoms with Gasteiger partial charge >= 0.3 is 0 Å². The Balaban J connectivity index is 3.98. The van der Waals surface area contributed by atoms with Gasteiger partial charge in [0, 0.05) is 0 Å². The van der Waals surface area contributed by atoms with Gasteiger partial charge in [-0.1, -0.05) is 13.0 Å². The third kappa shape index (κ3) is 3.41. The van der Waals surface area contributed by atoms with E-state index in [1.54, 1.807) is 6.08 Å². The maximum absolute atomic E-state index is 10.9. The van der Waals surface area contributed by atoms with E-state index >= 15 is 0 Å². The van der Waals surface area contributed by atoms with Crippen LogP contribution in [0.2, 0.25) is 0 Å². The van der Waals surface area contributed by atoms with Crippen molar-refractivity contribution in [1.82, 2.24) is 0 Å². The molecule has 0 radical (unpaired) electrons. The summed E-state index contributed by atoms with van der Waals surface area (Å²) in [6.07, 6.45) is 3.97. The summed E-state index contributed by atoms with van der Waals surface area (Å²) in [5, 5.41) is 9.11. The Labute approximate surface area is 61.6 Å². The Morgan fingerprint density at radius 2 is 2.10 bits per heavy atom. The van der Waals surface area contributed by atoms with E-state index in [1.807, 2.05) is 6.92 Å². The van der Waals surface area contributed by atoms with Crippen molar-refractivity contribution < 1.29 is 9.90 Å². The highest BCUT2D eigenvalue weighted by Crippen LogP contribution is 2.03. The molecule has 0 amide bonds. The van der Waals surface area contributed by atoms with Crippen LogP contribution >= 0.6 is 0 Å². The Morgan fingerprint density at radius 3 is 2.40 bits per heavy atom. The van der Waals surface area contributed by atoms with Crippen LogP contribution in [0.5, 0.6) is 0 Å². The summed E-state index contributed by atoms with van der Waals surface area (Å²) in [6.45, 7) is 4.90. The molecule has 0 heterocycles. The minimum Gasteiger partial charge on any atom is -0.382 e. The number of carbonyl (C=O) groups is 1. The lowest BCUT2D eigenvalue weighted by atomic mass is 10.0. The summed E-state index contributed by atoms with van der Waals surface area (Å²) >= 11 is 0. The van der Waals surface area contributed by atoms with Crippen molar-refractivity contribution in [3.8, 4) is 0 Å². The Morgan fingerprint density at radius 1 is 1.60 bits per heavy atom. The van der Waals surface area contributed by atoms with Gasteiger partial charge in [-0.15, -0.1) is 0 Å². The summed E-state index contributed by atoms with van der Waals surface area (Å²) in [5.41, 5.74) is -1.22. The van der Waals surface area contributed by atoms with Crippen molar-refractivity contribution in [1.29, 1.82) is 0 Å². The smallest absolute Gasteiger partial charge is 0.186 e. The third-order valence-electron chi connectivity index (χ3n) is 1.11. The van der Waals surface area contributed by atoms with Gasteiger partial charge in [0.05, 0.1) is 0 Å². The fraction of sp³-hybridized carbons (Fsp3) is 0.625. The highest BCUT2D eigenvalue weighted by Gasteiger charge is 2.19. The van der Waals surface area contributed by atoms with Gasteiger partial charge in [0.15, 0.2) is 5.78 Å². The quantitative estimate of drug-likeness (QED) is 0.603. The second kappa shape index (κ2) is 3.52. The summed E-state index contributed by atoms with van der Waals surface area (Å²) in [5.74, 6) is -0.241. The zero-order valence-corrected chi connectivity index (χ0v) is 6.72. The average molecular weight is 142 g/mol. The Hall–Kier alpha value is -0.630. The van der Waals surface area contributed by atoms with Crippen molar-refractivity contribution in [2.24, 2.45) is 0 Å². The Bertz CT molecular complexity index is 140. The van der Waals surface area contributed by atoms with Crippen LogP contribution in [0.25, 0.3) is 0 Å². The number of allylic oxidation sites excluding steroid dienone is 1. The van der Waals surface area contributed by atoms with Crippen LogP contribution in [-0.2, 0) is 4.79 Å². The first-order valence-electron chi connectivity index (χ1n) is 3.42. The van der Waals surface area contributed by atoms with Crippen LogP contribution in [0, 0.1) is 0 Å². The van der Waals surface area contributed by atoms with Gasteiger partial charge in [0.25, 0.3) is 0 Å². The number of hydrogen-bond donors (Lipinski definition) is 1.